The van der Waals surface area contributed by atoms with E-state index in [2.05, 4.69) is 31.7 Å². The number of nitrogens with zero attached hydrogens (tertiary/aromatic N) is 4. The fraction of sp³-hybridized carbons (Fsp3) is 0.714. The number of halogens is 6. The zero-order valence-electron chi connectivity index (χ0n) is 20.4. The number of imidazole rings is 1. The van der Waals surface area contributed by atoms with E-state index in [9.17, 15) is 31.1 Å². The van der Waals surface area contributed by atoms with Crippen LogP contribution in [-0.4, -0.2) is 99.5 Å². The summed E-state index contributed by atoms with van der Waals surface area (Å²) in [4.78, 5) is 38.7. The minimum atomic E-state index is -5.08. The maximum Gasteiger partial charge on any atom is 0.490 e. The van der Waals surface area contributed by atoms with Gasteiger partial charge in [-0.15, -0.1) is 0 Å². The minimum Gasteiger partial charge on any atom is -0.475 e. The SMILES string of the molecule is CNC(=O)CN1CCC2(CCCN(Cc3nccn3C)C2)CC1.O=C(O)C(F)(F)F.O=C(O)C(F)(F)F. The molecule has 1 aromatic heterocycles. The van der Waals surface area contributed by atoms with Crippen molar-refractivity contribution in [3.8, 4) is 0 Å². The number of aryl methyl sites for hydroxylation is 1. The van der Waals surface area contributed by atoms with Crippen LogP contribution in [0.5, 0.6) is 0 Å². The number of hydrogen-bond acceptors (Lipinski definition) is 6. The Morgan fingerprint density at radius 1 is 0.973 bits per heavy atom. The molecule has 2 aliphatic rings. The molecule has 3 heterocycles. The summed E-state index contributed by atoms with van der Waals surface area (Å²) in [6.45, 7) is 5.94. The predicted molar refractivity (Wildman–Crippen MR) is 117 cm³/mol. The topological polar surface area (TPSA) is 128 Å². The Hall–Kier alpha value is -2.88. The minimum absolute atomic E-state index is 0.126. The summed E-state index contributed by atoms with van der Waals surface area (Å²) in [5.74, 6) is -4.24. The van der Waals surface area contributed by atoms with Crippen LogP contribution in [0.15, 0.2) is 12.4 Å². The van der Waals surface area contributed by atoms with Gasteiger partial charge < -0.3 is 20.1 Å². The molecule has 0 radical (unpaired) electrons. The quantitative estimate of drug-likeness (QED) is 0.490. The first-order valence-electron chi connectivity index (χ1n) is 11.2. The molecule has 10 nitrogen and oxygen atoms in total. The van der Waals surface area contributed by atoms with Gasteiger partial charge in [0.25, 0.3) is 0 Å². The Kier molecular flexibility index (Phi) is 11.8. The van der Waals surface area contributed by atoms with Gasteiger partial charge in [0.2, 0.25) is 5.91 Å². The molecule has 37 heavy (non-hydrogen) atoms. The van der Waals surface area contributed by atoms with Crippen molar-refractivity contribution < 1.29 is 50.9 Å². The van der Waals surface area contributed by atoms with Gasteiger partial charge in [0, 0.05) is 33.0 Å². The van der Waals surface area contributed by atoms with Crippen LogP contribution in [0.3, 0.4) is 0 Å². The molecule has 0 saturated carbocycles. The highest BCUT2D eigenvalue weighted by molar-refractivity contribution is 5.77. The maximum absolute atomic E-state index is 11.5. The molecule has 0 bridgehead atoms. The predicted octanol–water partition coefficient (Wildman–Crippen LogP) is 2.11. The maximum atomic E-state index is 11.5. The molecule has 3 N–H and O–H groups in total. The van der Waals surface area contributed by atoms with Gasteiger partial charge >= 0.3 is 24.3 Å². The van der Waals surface area contributed by atoms with Crippen molar-refractivity contribution in [3.63, 3.8) is 0 Å². The number of rotatable bonds is 4. The highest BCUT2D eigenvalue weighted by atomic mass is 19.4. The standard InChI is InChI=1S/C17H29N5O.2C2HF3O2/c1-18-16(23)13-21-9-5-17(6-10-21)4-3-8-22(14-17)12-15-19-7-11-20(15)2;2*3-2(4,5)1(6)7/h7,11H,3-6,8-10,12-14H2,1-2H3,(H,18,23);2*(H,6,7). The van der Waals surface area contributed by atoms with Crippen molar-refractivity contribution in [2.45, 2.75) is 44.6 Å². The molecule has 2 aliphatic heterocycles. The molecule has 1 spiro atoms. The van der Waals surface area contributed by atoms with Crippen LogP contribution in [-0.2, 0) is 28.0 Å². The molecular weight excluding hydrogens is 516 g/mol. The van der Waals surface area contributed by atoms with E-state index in [4.69, 9.17) is 19.8 Å². The fourth-order valence-electron chi connectivity index (χ4n) is 4.07. The van der Waals surface area contributed by atoms with Crippen LogP contribution in [0.2, 0.25) is 0 Å². The van der Waals surface area contributed by atoms with E-state index in [-0.39, 0.29) is 5.91 Å². The molecule has 0 aromatic carbocycles. The molecule has 0 unspecified atom stereocenters. The monoisotopic (exact) mass is 547 g/mol. The number of aliphatic carboxylic acids is 2. The zero-order chi connectivity index (χ0) is 28.4. The van der Waals surface area contributed by atoms with Crippen molar-refractivity contribution in [3.05, 3.63) is 18.2 Å². The number of alkyl halides is 6. The lowest BCUT2D eigenvalue weighted by molar-refractivity contribution is -0.193. The first kappa shape index (κ1) is 32.1. The number of likely N-dealkylation sites (tertiary alicyclic amines) is 2. The lowest BCUT2D eigenvalue weighted by atomic mass is 9.72. The van der Waals surface area contributed by atoms with Crippen LogP contribution >= 0.6 is 0 Å². The fourth-order valence-corrected chi connectivity index (χ4v) is 4.07. The first-order valence-corrected chi connectivity index (χ1v) is 11.2. The third-order valence-corrected chi connectivity index (χ3v) is 6.07. The van der Waals surface area contributed by atoms with Gasteiger partial charge in [-0.3, -0.25) is 14.6 Å². The zero-order valence-corrected chi connectivity index (χ0v) is 20.4. The van der Waals surface area contributed by atoms with Crippen molar-refractivity contribution in [2.24, 2.45) is 12.5 Å². The average molecular weight is 547 g/mol. The molecule has 3 rings (SSSR count). The Balaban J connectivity index is 0.000000404. The lowest BCUT2D eigenvalue weighted by Crippen LogP contribution is -2.50. The van der Waals surface area contributed by atoms with Gasteiger partial charge in [0.05, 0.1) is 13.1 Å². The number of nitrogens with one attached hydrogen (secondary N) is 1. The number of hydrogen-bond donors (Lipinski definition) is 3. The van der Waals surface area contributed by atoms with Crippen LogP contribution in [0.25, 0.3) is 0 Å². The second-order valence-corrected chi connectivity index (χ2v) is 8.82. The smallest absolute Gasteiger partial charge is 0.475 e. The highest BCUT2D eigenvalue weighted by Gasteiger charge is 2.39. The highest BCUT2D eigenvalue weighted by Crippen LogP contribution is 2.40. The Labute approximate surface area is 209 Å². The molecule has 16 heteroatoms. The van der Waals surface area contributed by atoms with Gasteiger partial charge in [0.15, 0.2) is 0 Å². The van der Waals surface area contributed by atoms with Crippen LogP contribution in [0, 0.1) is 5.41 Å². The molecule has 1 aromatic rings. The van der Waals surface area contributed by atoms with E-state index in [1.54, 1.807) is 7.05 Å². The molecule has 0 atom stereocenters. The molecule has 212 valence electrons. The van der Waals surface area contributed by atoms with E-state index in [0.29, 0.717) is 12.0 Å². The Morgan fingerprint density at radius 2 is 1.49 bits per heavy atom. The summed E-state index contributed by atoms with van der Waals surface area (Å²) < 4.78 is 65.6. The van der Waals surface area contributed by atoms with Crippen LogP contribution in [0.4, 0.5) is 26.3 Å². The normalized spacial score (nSPS) is 18.2. The summed E-state index contributed by atoms with van der Waals surface area (Å²) in [5, 5.41) is 17.0. The van der Waals surface area contributed by atoms with Gasteiger partial charge in [-0.1, -0.05) is 0 Å². The van der Waals surface area contributed by atoms with Crippen molar-refractivity contribution in [2.75, 3.05) is 39.8 Å². The molecule has 1 amide bonds. The van der Waals surface area contributed by atoms with E-state index in [1.165, 1.54) is 38.8 Å². The number of piperidine rings is 2. The third kappa shape index (κ3) is 11.4. The van der Waals surface area contributed by atoms with Crippen LogP contribution in [0.1, 0.15) is 31.5 Å². The second kappa shape index (κ2) is 13.6. The first-order chi connectivity index (χ1) is 17.0. The second-order valence-electron chi connectivity index (χ2n) is 8.82. The summed E-state index contributed by atoms with van der Waals surface area (Å²) in [7, 11) is 3.78. The van der Waals surface area contributed by atoms with E-state index in [0.717, 1.165) is 25.5 Å². The number of carbonyl (C=O) groups is 3. The molecule has 0 aliphatic carbocycles. The van der Waals surface area contributed by atoms with Crippen molar-refractivity contribution in [1.82, 2.24) is 24.7 Å². The van der Waals surface area contributed by atoms with E-state index in [1.807, 2.05) is 12.4 Å². The average Bonchev–Trinajstić information content (AvgIpc) is 3.19. The van der Waals surface area contributed by atoms with Crippen molar-refractivity contribution in [1.29, 1.82) is 0 Å². The number of carboxylic acid groups (broad SMARTS) is 2. The largest absolute Gasteiger partial charge is 0.490 e. The number of aromatic nitrogens is 2. The van der Waals surface area contributed by atoms with Gasteiger partial charge in [-0.2, -0.15) is 26.3 Å². The molecular formula is C21H31F6N5O5. The van der Waals surface area contributed by atoms with Gasteiger partial charge in [-0.05, 0) is 50.7 Å². The molecule has 2 saturated heterocycles. The van der Waals surface area contributed by atoms with E-state index >= 15 is 0 Å². The Morgan fingerprint density at radius 3 is 1.89 bits per heavy atom. The van der Waals surface area contributed by atoms with E-state index < -0.39 is 24.3 Å². The lowest BCUT2D eigenvalue weighted by Gasteiger charge is -2.47. The van der Waals surface area contributed by atoms with Crippen LogP contribution < -0.4 is 5.32 Å². The third-order valence-electron chi connectivity index (χ3n) is 6.07. The summed E-state index contributed by atoms with van der Waals surface area (Å²) in [6.07, 6.45) is -1.24. The molecule has 2 fully saturated rings. The summed E-state index contributed by atoms with van der Waals surface area (Å²) in [5.41, 5.74) is 0.447. The number of carboxylic acids is 2. The summed E-state index contributed by atoms with van der Waals surface area (Å²) in [6, 6.07) is 0. The number of carbonyl (C=O) groups excluding carboxylic acids is 1. The number of amides is 1. The van der Waals surface area contributed by atoms with Gasteiger partial charge in [0.1, 0.15) is 5.82 Å². The summed E-state index contributed by atoms with van der Waals surface area (Å²) >= 11 is 0. The van der Waals surface area contributed by atoms with Crippen molar-refractivity contribution >= 4 is 17.8 Å². The number of likely N-dealkylation sites (N-methyl/N-ethyl adjacent to an activating group) is 1. The Bertz CT molecular complexity index is 873. The van der Waals surface area contributed by atoms with Gasteiger partial charge in [-0.25, -0.2) is 14.6 Å².